The van der Waals surface area contributed by atoms with E-state index < -0.39 is 0 Å². The van der Waals surface area contributed by atoms with E-state index in [1.165, 1.54) is 0 Å². The lowest BCUT2D eigenvalue weighted by Gasteiger charge is -1.97. The molecule has 2 N–H and O–H groups in total. The third-order valence-corrected chi connectivity index (χ3v) is 3.18. The van der Waals surface area contributed by atoms with Gasteiger partial charge in [0.25, 0.3) is 0 Å². The van der Waals surface area contributed by atoms with Gasteiger partial charge >= 0.3 is 0 Å². The Morgan fingerprint density at radius 3 is 2.75 bits per heavy atom. The molecule has 0 unspecified atom stereocenters. The second-order valence-electron chi connectivity index (χ2n) is 4.22. The molecule has 2 aromatic rings. The highest BCUT2D eigenvalue weighted by Crippen LogP contribution is 2.41. The summed E-state index contributed by atoms with van der Waals surface area (Å²) in [5.74, 6) is 2.26. The first-order valence-electron chi connectivity index (χ1n) is 5.35. The second kappa shape index (κ2) is 3.65. The van der Waals surface area contributed by atoms with Crippen molar-refractivity contribution in [2.45, 2.75) is 18.4 Å². The summed E-state index contributed by atoms with van der Waals surface area (Å²) in [5.41, 5.74) is 6.80. The maximum Gasteiger partial charge on any atom is 0.134 e. The average molecular weight is 234 g/mol. The van der Waals surface area contributed by atoms with E-state index in [2.05, 4.69) is 0 Å². The molecule has 1 saturated carbocycles. The normalized spacial score (nSPS) is 23.4. The van der Waals surface area contributed by atoms with Crippen LogP contribution in [0.1, 0.15) is 18.1 Å². The lowest BCUT2D eigenvalue weighted by Crippen LogP contribution is -2.00. The van der Waals surface area contributed by atoms with Gasteiger partial charge < -0.3 is 10.2 Å². The third kappa shape index (κ3) is 1.75. The van der Waals surface area contributed by atoms with E-state index in [-0.39, 0.29) is 6.04 Å². The molecule has 0 spiro atoms. The maximum atomic E-state index is 5.94. The third-order valence-electron chi connectivity index (χ3n) is 2.94. The molecule has 0 aliphatic heterocycles. The summed E-state index contributed by atoms with van der Waals surface area (Å²) in [6.07, 6.45) is 1.03. The molecule has 1 aromatic heterocycles. The van der Waals surface area contributed by atoms with Crippen LogP contribution in [0.5, 0.6) is 0 Å². The van der Waals surface area contributed by atoms with Gasteiger partial charge in [0.1, 0.15) is 11.5 Å². The molecular weight excluding hydrogens is 222 g/mol. The summed E-state index contributed by atoms with van der Waals surface area (Å²) in [7, 11) is 0. The van der Waals surface area contributed by atoms with Crippen molar-refractivity contribution in [2.75, 3.05) is 0 Å². The predicted octanol–water partition coefficient (Wildman–Crippen LogP) is 3.41. The molecule has 16 heavy (non-hydrogen) atoms. The van der Waals surface area contributed by atoms with Gasteiger partial charge in [-0.05, 0) is 30.7 Å². The Morgan fingerprint density at radius 1 is 1.25 bits per heavy atom. The van der Waals surface area contributed by atoms with Crippen molar-refractivity contribution in [3.63, 3.8) is 0 Å². The van der Waals surface area contributed by atoms with Gasteiger partial charge in [0, 0.05) is 22.5 Å². The summed E-state index contributed by atoms with van der Waals surface area (Å²) in [4.78, 5) is 0. The summed E-state index contributed by atoms with van der Waals surface area (Å²) in [6, 6.07) is 11.9. The zero-order valence-corrected chi connectivity index (χ0v) is 9.45. The van der Waals surface area contributed by atoms with Crippen molar-refractivity contribution in [2.24, 2.45) is 5.73 Å². The average Bonchev–Trinajstić information content (AvgIpc) is 2.81. The standard InChI is InChI=1S/C13H12ClNO/c14-9-3-1-2-8(6-9)12-4-5-13(16-12)10-7-11(10)15/h1-6,10-11H,7,15H2/t10-,11+/m1/s1. The summed E-state index contributed by atoms with van der Waals surface area (Å²) < 4.78 is 5.78. The Hall–Kier alpha value is -1.25. The van der Waals surface area contributed by atoms with E-state index in [1.54, 1.807) is 0 Å². The van der Waals surface area contributed by atoms with Crippen molar-refractivity contribution in [3.05, 3.63) is 47.2 Å². The molecule has 2 nitrogen and oxygen atoms in total. The molecule has 2 atom stereocenters. The smallest absolute Gasteiger partial charge is 0.134 e. The van der Waals surface area contributed by atoms with Crippen LogP contribution in [0.25, 0.3) is 11.3 Å². The van der Waals surface area contributed by atoms with Crippen LogP contribution >= 0.6 is 11.6 Å². The second-order valence-corrected chi connectivity index (χ2v) is 4.65. The van der Waals surface area contributed by atoms with Crippen LogP contribution in [0.3, 0.4) is 0 Å². The van der Waals surface area contributed by atoms with Crippen LogP contribution in [0, 0.1) is 0 Å². The largest absolute Gasteiger partial charge is 0.461 e. The Balaban J connectivity index is 1.92. The van der Waals surface area contributed by atoms with Gasteiger partial charge in [-0.2, -0.15) is 0 Å². The van der Waals surface area contributed by atoms with Gasteiger partial charge in [0.2, 0.25) is 0 Å². The molecule has 0 amide bonds. The van der Waals surface area contributed by atoms with Gasteiger partial charge in [0.15, 0.2) is 0 Å². The molecule has 0 saturated heterocycles. The highest BCUT2D eigenvalue weighted by molar-refractivity contribution is 6.30. The van der Waals surface area contributed by atoms with Gasteiger partial charge in [-0.1, -0.05) is 23.7 Å². The molecule has 1 aliphatic rings. The van der Waals surface area contributed by atoms with Crippen LogP contribution < -0.4 is 5.73 Å². The predicted molar refractivity (Wildman–Crippen MR) is 64.5 cm³/mol. The highest BCUT2D eigenvalue weighted by Gasteiger charge is 2.37. The number of benzene rings is 1. The quantitative estimate of drug-likeness (QED) is 0.863. The van der Waals surface area contributed by atoms with E-state index in [9.17, 15) is 0 Å². The summed E-state index contributed by atoms with van der Waals surface area (Å²) >= 11 is 5.94. The lowest BCUT2D eigenvalue weighted by atomic mass is 10.2. The molecule has 1 fully saturated rings. The molecule has 1 aromatic carbocycles. The monoisotopic (exact) mass is 233 g/mol. The number of nitrogens with two attached hydrogens (primary N) is 1. The van der Waals surface area contributed by atoms with Crippen molar-refractivity contribution in [1.29, 1.82) is 0 Å². The number of rotatable bonds is 2. The zero-order chi connectivity index (χ0) is 11.1. The Bertz CT molecular complexity index is 520. The molecule has 3 heteroatoms. The van der Waals surface area contributed by atoms with E-state index >= 15 is 0 Å². The molecule has 3 rings (SSSR count). The van der Waals surface area contributed by atoms with E-state index in [4.69, 9.17) is 21.8 Å². The fourth-order valence-electron chi connectivity index (χ4n) is 1.89. The number of halogens is 1. The van der Waals surface area contributed by atoms with Crippen molar-refractivity contribution in [3.8, 4) is 11.3 Å². The summed E-state index contributed by atoms with van der Waals surface area (Å²) in [6.45, 7) is 0. The van der Waals surface area contributed by atoms with E-state index in [0.717, 1.165) is 28.5 Å². The van der Waals surface area contributed by atoms with Gasteiger partial charge in [-0.25, -0.2) is 0 Å². The minimum absolute atomic E-state index is 0.276. The topological polar surface area (TPSA) is 39.2 Å². The van der Waals surface area contributed by atoms with Crippen molar-refractivity contribution >= 4 is 11.6 Å². The zero-order valence-electron chi connectivity index (χ0n) is 8.69. The Morgan fingerprint density at radius 2 is 2.06 bits per heavy atom. The van der Waals surface area contributed by atoms with Crippen molar-refractivity contribution in [1.82, 2.24) is 0 Å². The first-order valence-corrected chi connectivity index (χ1v) is 5.73. The van der Waals surface area contributed by atoms with Gasteiger partial charge in [0.05, 0.1) is 0 Å². The van der Waals surface area contributed by atoms with Crippen LogP contribution in [0.15, 0.2) is 40.8 Å². The summed E-state index contributed by atoms with van der Waals surface area (Å²) in [5, 5.41) is 0.721. The van der Waals surface area contributed by atoms with E-state index in [1.807, 2.05) is 36.4 Å². The lowest BCUT2D eigenvalue weighted by molar-refractivity contribution is 0.522. The van der Waals surface area contributed by atoms with E-state index in [0.29, 0.717) is 5.92 Å². The fourth-order valence-corrected chi connectivity index (χ4v) is 2.08. The maximum absolute atomic E-state index is 5.94. The molecule has 82 valence electrons. The number of furan rings is 1. The first-order chi connectivity index (χ1) is 7.74. The fraction of sp³-hybridized carbons (Fsp3) is 0.231. The SMILES string of the molecule is N[C@H]1C[C@H]1c1ccc(-c2cccc(Cl)c2)o1. The molecule has 1 aliphatic carbocycles. The first kappa shape index (κ1) is 9.94. The van der Waals surface area contributed by atoms with Crippen LogP contribution in [-0.4, -0.2) is 6.04 Å². The van der Waals surface area contributed by atoms with Crippen LogP contribution in [0.4, 0.5) is 0 Å². The number of hydrogen-bond donors (Lipinski definition) is 1. The highest BCUT2D eigenvalue weighted by atomic mass is 35.5. The molecule has 1 heterocycles. The van der Waals surface area contributed by atoms with Gasteiger partial charge in [-0.15, -0.1) is 0 Å². The van der Waals surface area contributed by atoms with Crippen LogP contribution in [-0.2, 0) is 0 Å². The number of hydrogen-bond acceptors (Lipinski definition) is 2. The Kier molecular flexibility index (Phi) is 2.27. The van der Waals surface area contributed by atoms with Crippen molar-refractivity contribution < 1.29 is 4.42 Å². The Labute approximate surface area is 99.0 Å². The minimum Gasteiger partial charge on any atom is -0.461 e. The molecule has 0 radical (unpaired) electrons. The van der Waals surface area contributed by atoms with Gasteiger partial charge in [-0.3, -0.25) is 0 Å². The minimum atomic E-state index is 0.276. The van der Waals surface area contributed by atoms with Crippen LogP contribution in [0.2, 0.25) is 5.02 Å². The molecule has 0 bridgehead atoms. The molecular formula is C13H12ClNO.